The molecule has 0 aliphatic carbocycles. The number of phenolic OH excluding ortho intramolecular Hbond substituents is 1. The van der Waals surface area contributed by atoms with Crippen LogP contribution in [0.5, 0.6) is 5.75 Å². The minimum Gasteiger partial charge on any atom is -0.508 e. The van der Waals surface area contributed by atoms with Crippen LogP contribution in [0.25, 0.3) is 0 Å². The lowest BCUT2D eigenvalue weighted by Crippen LogP contribution is -2.21. The monoisotopic (exact) mass is 343 g/mol. The fourth-order valence-electron chi connectivity index (χ4n) is 1.18. The molecule has 0 heterocycles. The fraction of sp³-hybridized carbons (Fsp3) is 0.400. The van der Waals surface area contributed by atoms with Gasteiger partial charge in [0.15, 0.2) is 0 Å². The van der Waals surface area contributed by atoms with Crippen molar-refractivity contribution >= 4 is 38.2 Å². The summed E-state index contributed by atoms with van der Waals surface area (Å²) in [6.07, 6.45) is 1.20. The van der Waals surface area contributed by atoms with Gasteiger partial charge in [-0.05, 0) is 18.2 Å². The van der Waals surface area contributed by atoms with Crippen LogP contribution in [-0.4, -0.2) is 32.1 Å². The van der Waals surface area contributed by atoms with E-state index in [4.69, 9.17) is 0 Å². The molecule has 0 radical (unpaired) electrons. The third-order valence-electron chi connectivity index (χ3n) is 2.01. The first kappa shape index (κ1) is 16.7. The van der Waals surface area contributed by atoms with Crippen LogP contribution in [0.3, 0.4) is 0 Å². The number of phenols is 1. The van der Waals surface area contributed by atoms with E-state index in [1.807, 2.05) is 0 Å². The summed E-state index contributed by atoms with van der Waals surface area (Å²) in [4.78, 5) is 0. The summed E-state index contributed by atoms with van der Waals surface area (Å²) in [5.41, 5.74) is 0.739. The molecule has 2 N–H and O–H groups in total. The number of sulfone groups is 1. The van der Waals surface area contributed by atoms with Gasteiger partial charge in [0.05, 0.1) is 5.75 Å². The first-order valence-electron chi connectivity index (χ1n) is 4.74. The van der Waals surface area contributed by atoms with Gasteiger partial charge in [-0.15, -0.1) is 12.4 Å². The maximum absolute atomic E-state index is 10.9. The normalized spacial score (nSPS) is 10.9. The summed E-state index contributed by atoms with van der Waals surface area (Å²) >= 11 is 3.30. The lowest BCUT2D eigenvalue weighted by Gasteiger charge is -2.06. The first-order valence-corrected chi connectivity index (χ1v) is 7.60. The highest BCUT2D eigenvalue weighted by atomic mass is 79.9. The lowest BCUT2D eigenvalue weighted by atomic mass is 10.2. The van der Waals surface area contributed by atoms with E-state index < -0.39 is 9.84 Å². The number of hydrogen-bond donors (Lipinski definition) is 2. The van der Waals surface area contributed by atoms with Gasteiger partial charge in [-0.2, -0.15) is 0 Å². The molecular formula is C10H15BrClNO3S. The predicted molar refractivity (Wildman–Crippen MR) is 74.5 cm³/mol. The molecule has 1 aromatic carbocycles. The Hall–Kier alpha value is -0.300. The molecule has 1 aromatic rings. The number of hydrogen-bond acceptors (Lipinski definition) is 4. The minimum absolute atomic E-state index is 0. The van der Waals surface area contributed by atoms with Gasteiger partial charge in [0.1, 0.15) is 15.6 Å². The number of benzene rings is 1. The zero-order valence-corrected chi connectivity index (χ0v) is 12.5. The average Bonchev–Trinajstić information content (AvgIpc) is 2.16. The van der Waals surface area contributed by atoms with E-state index in [1.165, 1.54) is 6.26 Å². The molecule has 0 fully saturated rings. The van der Waals surface area contributed by atoms with Crippen molar-refractivity contribution in [2.75, 3.05) is 18.6 Å². The molecule has 0 spiro atoms. The van der Waals surface area contributed by atoms with Crippen molar-refractivity contribution in [2.24, 2.45) is 0 Å². The molecule has 0 saturated carbocycles. The zero-order valence-electron chi connectivity index (χ0n) is 9.31. The fourth-order valence-corrected chi connectivity index (χ4v) is 2.10. The Morgan fingerprint density at radius 3 is 2.65 bits per heavy atom. The van der Waals surface area contributed by atoms with Crippen molar-refractivity contribution in [1.82, 2.24) is 5.32 Å². The van der Waals surface area contributed by atoms with Crippen LogP contribution in [0.1, 0.15) is 5.56 Å². The Balaban J connectivity index is 0.00000256. The van der Waals surface area contributed by atoms with Gasteiger partial charge in [0.25, 0.3) is 0 Å². The van der Waals surface area contributed by atoms with E-state index >= 15 is 0 Å². The minimum atomic E-state index is -2.93. The first-order chi connectivity index (χ1) is 7.38. The van der Waals surface area contributed by atoms with Crippen LogP contribution < -0.4 is 5.32 Å². The van der Waals surface area contributed by atoms with E-state index in [0.29, 0.717) is 13.1 Å². The van der Waals surface area contributed by atoms with Crippen LogP contribution >= 0.6 is 28.3 Å². The Labute approximate surface area is 116 Å². The van der Waals surface area contributed by atoms with E-state index in [2.05, 4.69) is 21.2 Å². The Bertz CT molecular complexity index is 465. The molecule has 0 saturated heterocycles. The van der Waals surface area contributed by atoms with Crippen LogP contribution in [0.4, 0.5) is 0 Å². The largest absolute Gasteiger partial charge is 0.508 e. The van der Waals surface area contributed by atoms with Crippen molar-refractivity contribution in [3.63, 3.8) is 0 Å². The molecule has 0 aromatic heterocycles. The maximum atomic E-state index is 10.9. The third-order valence-corrected chi connectivity index (χ3v) is 3.45. The number of nitrogens with one attached hydrogen (secondary N) is 1. The second-order valence-electron chi connectivity index (χ2n) is 3.58. The second-order valence-corrected chi connectivity index (χ2v) is 6.76. The summed E-state index contributed by atoms with van der Waals surface area (Å²) in [6, 6.07) is 5.13. The molecule has 0 bridgehead atoms. The van der Waals surface area contributed by atoms with Crippen molar-refractivity contribution in [3.8, 4) is 5.75 Å². The van der Waals surface area contributed by atoms with Gasteiger partial charge in [0.2, 0.25) is 0 Å². The zero-order chi connectivity index (χ0) is 12.2. The molecule has 0 aliphatic rings. The van der Waals surface area contributed by atoms with Gasteiger partial charge in [-0.3, -0.25) is 0 Å². The highest BCUT2D eigenvalue weighted by Crippen LogP contribution is 2.21. The number of halogens is 2. The molecule has 7 heteroatoms. The quantitative estimate of drug-likeness (QED) is 0.798. The average molecular weight is 345 g/mol. The highest BCUT2D eigenvalue weighted by Gasteiger charge is 2.03. The van der Waals surface area contributed by atoms with Crippen molar-refractivity contribution < 1.29 is 13.5 Å². The summed E-state index contributed by atoms with van der Waals surface area (Å²) < 4.78 is 22.6. The second kappa shape index (κ2) is 7.20. The summed E-state index contributed by atoms with van der Waals surface area (Å²) in [7, 11) is -2.93. The standard InChI is InChI=1S/C10H14BrNO3S.ClH/c1-16(14,15)5-4-12-7-8-6-9(11)2-3-10(8)13;/h2-3,6,12-13H,4-5,7H2,1H3;1H. The number of aromatic hydroxyl groups is 1. The SMILES string of the molecule is CS(=O)(=O)CCNCc1cc(Br)ccc1O.Cl. The summed E-state index contributed by atoms with van der Waals surface area (Å²) in [6.45, 7) is 0.825. The molecule has 4 nitrogen and oxygen atoms in total. The Morgan fingerprint density at radius 1 is 1.41 bits per heavy atom. The molecule has 17 heavy (non-hydrogen) atoms. The van der Waals surface area contributed by atoms with Gasteiger partial charge < -0.3 is 10.4 Å². The van der Waals surface area contributed by atoms with Crippen molar-refractivity contribution in [2.45, 2.75) is 6.54 Å². The maximum Gasteiger partial charge on any atom is 0.148 e. The highest BCUT2D eigenvalue weighted by molar-refractivity contribution is 9.10. The van der Waals surface area contributed by atoms with Crippen LogP contribution in [0, 0.1) is 0 Å². The van der Waals surface area contributed by atoms with Crippen LogP contribution in [-0.2, 0) is 16.4 Å². The molecule has 0 aliphatic heterocycles. The topological polar surface area (TPSA) is 66.4 Å². The Morgan fingerprint density at radius 2 is 2.06 bits per heavy atom. The summed E-state index contributed by atoms with van der Waals surface area (Å²) in [5, 5.41) is 12.5. The smallest absolute Gasteiger partial charge is 0.148 e. The number of rotatable bonds is 5. The van der Waals surface area contributed by atoms with Crippen LogP contribution in [0.2, 0.25) is 0 Å². The predicted octanol–water partition coefficient (Wildman–Crippen LogP) is 1.71. The molecule has 98 valence electrons. The van der Waals surface area contributed by atoms with Crippen molar-refractivity contribution in [1.29, 1.82) is 0 Å². The van der Waals surface area contributed by atoms with E-state index in [1.54, 1.807) is 18.2 Å². The van der Waals surface area contributed by atoms with Gasteiger partial charge in [0, 0.05) is 29.4 Å². The van der Waals surface area contributed by atoms with Gasteiger partial charge >= 0.3 is 0 Å². The molecule has 0 amide bonds. The molecule has 0 atom stereocenters. The van der Waals surface area contributed by atoms with Crippen molar-refractivity contribution in [3.05, 3.63) is 28.2 Å². The third kappa shape index (κ3) is 6.88. The summed E-state index contributed by atoms with van der Waals surface area (Å²) in [5.74, 6) is 0.303. The van der Waals surface area contributed by atoms with E-state index in [-0.39, 0.29) is 23.9 Å². The van der Waals surface area contributed by atoms with Gasteiger partial charge in [-0.25, -0.2) is 8.42 Å². The Kier molecular flexibility index (Phi) is 7.08. The van der Waals surface area contributed by atoms with E-state index in [0.717, 1.165) is 10.0 Å². The molecule has 1 rings (SSSR count). The lowest BCUT2D eigenvalue weighted by molar-refractivity contribution is 0.465. The van der Waals surface area contributed by atoms with Gasteiger partial charge in [-0.1, -0.05) is 15.9 Å². The van der Waals surface area contributed by atoms with E-state index in [9.17, 15) is 13.5 Å². The van der Waals surface area contributed by atoms with Crippen LogP contribution in [0.15, 0.2) is 22.7 Å². The molecular weight excluding hydrogens is 330 g/mol. The molecule has 0 unspecified atom stereocenters.